The topological polar surface area (TPSA) is 39.1 Å². The quantitative estimate of drug-likeness (QED) is 0.921. The minimum atomic E-state index is -0.189. The first-order valence-corrected chi connectivity index (χ1v) is 7.95. The molecular weight excluding hydrogens is 289 g/mol. The Morgan fingerprint density at radius 1 is 1.22 bits per heavy atom. The molecule has 0 unspecified atom stereocenters. The summed E-state index contributed by atoms with van der Waals surface area (Å²) in [5.74, 6) is 0.407. The van der Waals surface area contributed by atoms with Crippen LogP contribution in [-0.2, 0) is 6.54 Å². The number of nitrogens with zero attached hydrogens (tertiary/aromatic N) is 2. The monoisotopic (exact) mass is 309 g/mol. The molecule has 1 heterocycles. The van der Waals surface area contributed by atoms with Crippen molar-refractivity contribution in [3.05, 3.63) is 65.5 Å². The standard InChI is InChI=1S/C19H20FN3/c20-18-4-6-19(7-5-18)23-9-8-17(14-23)13-22-12-16-3-1-2-15(10-16)11-21/h1-7,10,17,22H,8-9,12-14H2/t17-/m1/s1. The van der Waals surface area contributed by atoms with Crippen molar-refractivity contribution in [3.8, 4) is 6.07 Å². The van der Waals surface area contributed by atoms with E-state index in [0.717, 1.165) is 43.9 Å². The van der Waals surface area contributed by atoms with Gasteiger partial charge in [0.25, 0.3) is 0 Å². The molecule has 2 aromatic carbocycles. The average Bonchev–Trinajstić information content (AvgIpc) is 3.04. The summed E-state index contributed by atoms with van der Waals surface area (Å²) < 4.78 is 13.0. The van der Waals surface area contributed by atoms with Crippen molar-refractivity contribution in [1.29, 1.82) is 5.26 Å². The van der Waals surface area contributed by atoms with Gasteiger partial charge in [0.1, 0.15) is 5.82 Å². The van der Waals surface area contributed by atoms with Crippen molar-refractivity contribution in [2.45, 2.75) is 13.0 Å². The Balaban J connectivity index is 1.47. The van der Waals surface area contributed by atoms with Crippen molar-refractivity contribution >= 4 is 5.69 Å². The third kappa shape index (κ3) is 4.08. The van der Waals surface area contributed by atoms with E-state index in [-0.39, 0.29) is 5.82 Å². The zero-order valence-electron chi connectivity index (χ0n) is 13.0. The van der Waals surface area contributed by atoms with Gasteiger partial charge in [-0.05, 0) is 54.3 Å². The number of halogens is 1. The summed E-state index contributed by atoms with van der Waals surface area (Å²) in [6.07, 6.45) is 1.14. The van der Waals surface area contributed by atoms with Crippen molar-refractivity contribution in [3.63, 3.8) is 0 Å². The molecule has 118 valence electrons. The molecule has 1 aliphatic heterocycles. The number of rotatable bonds is 5. The third-order valence-corrected chi connectivity index (χ3v) is 4.30. The molecule has 0 bridgehead atoms. The van der Waals surface area contributed by atoms with Gasteiger partial charge in [-0.3, -0.25) is 0 Å². The van der Waals surface area contributed by atoms with Crippen LogP contribution in [0.4, 0.5) is 10.1 Å². The Bertz CT molecular complexity index is 691. The predicted octanol–water partition coefficient (Wildman–Crippen LogP) is 3.31. The molecule has 1 fully saturated rings. The van der Waals surface area contributed by atoms with Gasteiger partial charge in [-0.15, -0.1) is 0 Å². The van der Waals surface area contributed by atoms with Gasteiger partial charge in [-0.25, -0.2) is 4.39 Å². The van der Waals surface area contributed by atoms with Gasteiger partial charge in [0, 0.05) is 31.9 Å². The van der Waals surface area contributed by atoms with E-state index < -0.39 is 0 Å². The van der Waals surface area contributed by atoms with E-state index in [1.165, 1.54) is 12.1 Å². The zero-order valence-corrected chi connectivity index (χ0v) is 13.0. The van der Waals surface area contributed by atoms with Crippen LogP contribution < -0.4 is 10.2 Å². The van der Waals surface area contributed by atoms with Crippen molar-refractivity contribution < 1.29 is 4.39 Å². The van der Waals surface area contributed by atoms with Crippen LogP contribution in [0.1, 0.15) is 17.5 Å². The molecule has 23 heavy (non-hydrogen) atoms. The number of benzene rings is 2. The largest absolute Gasteiger partial charge is 0.371 e. The van der Waals surface area contributed by atoms with E-state index in [9.17, 15) is 4.39 Å². The maximum atomic E-state index is 13.0. The highest BCUT2D eigenvalue weighted by molar-refractivity contribution is 5.47. The molecule has 1 N–H and O–H groups in total. The van der Waals surface area contributed by atoms with Crippen molar-refractivity contribution in [2.24, 2.45) is 5.92 Å². The van der Waals surface area contributed by atoms with E-state index in [4.69, 9.17) is 5.26 Å². The lowest BCUT2D eigenvalue weighted by molar-refractivity contribution is 0.516. The normalized spacial score (nSPS) is 17.2. The molecule has 0 saturated carbocycles. The van der Waals surface area contributed by atoms with Gasteiger partial charge in [-0.2, -0.15) is 5.26 Å². The Hall–Kier alpha value is -2.38. The highest BCUT2D eigenvalue weighted by Crippen LogP contribution is 2.23. The Morgan fingerprint density at radius 3 is 2.83 bits per heavy atom. The lowest BCUT2D eigenvalue weighted by atomic mass is 10.1. The molecule has 4 heteroatoms. The second-order valence-corrected chi connectivity index (χ2v) is 6.02. The molecule has 0 aromatic heterocycles. The Morgan fingerprint density at radius 2 is 2.04 bits per heavy atom. The number of nitrogens with one attached hydrogen (secondary N) is 1. The zero-order chi connectivity index (χ0) is 16.1. The molecule has 3 rings (SSSR count). The molecule has 2 aromatic rings. The fraction of sp³-hybridized carbons (Fsp3) is 0.316. The fourth-order valence-electron chi connectivity index (χ4n) is 3.06. The molecule has 0 radical (unpaired) electrons. The molecule has 1 aliphatic rings. The summed E-state index contributed by atoms with van der Waals surface area (Å²) in [4.78, 5) is 2.31. The average molecular weight is 309 g/mol. The van der Waals surface area contributed by atoms with Gasteiger partial charge in [0.2, 0.25) is 0 Å². The van der Waals surface area contributed by atoms with Crippen LogP contribution in [-0.4, -0.2) is 19.6 Å². The van der Waals surface area contributed by atoms with E-state index in [1.807, 2.05) is 36.4 Å². The molecule has 0 amide bonds. The molecule has 3 nitrogen and oxygen atoms in total. The van der Waals surface area contributed by atoms with E-state index in [0.29, 0.717) is 11.5 Å². The lowest BCUT2D eigenvalue weighted by Crippen LogP contribution is -2.26. The predicted molar refractivity (Wildman–Crippen MR) is 89.6 cm³/mol. The molecule has 0 spiro atoms. The van der Waals surface area contributed by atoms with Crippen molar-refractivity contribution in [1.82, 2.24) is 5.32 Å². The second-order valence-electron chi connectivity index (χ2n) is 6.02. The maximum Gasteiger partial charge on any atom is 0.123 e. The van der Waals surface area contributed by atoms with Gasteiger partial charge < -0.3 is 10.2 Å². The maximum absolute atomic E-state index is 13.0. The van der Waals surface area contributed by atoms with E-state index >= 15 is 0 Å². The molecule has 1 atom stereocenters. The number of nitriles is 1. The van der Waals surface area contributed by atoms with Crippen LogP contribution in [0.5, 0.6) is 0 Å². The number of hydrogen-bond donors (Lipinski definition) is 1. The summed E-state index contributed by atoms with van der Waals surface area (Å²) in [5.41, 5.74) is 2.93. The minimum Gasteiger partial charge on any atom is -0.371 e. The van der Waals surface area contributed by atoms with Gasteiger partial charge in [-0.1, -0.05) is 12.1 Å². The van der Waals surface area contributed by atoms with Crippen molar-refractivity contribution in [2.75, 3.05) is 24.5 Å². The Kier molecular flexibility index (Phi) is 4.89. The van der Waals surface area contributed by atoms with Crippen LogP contribution in [0.3, 0.4) is 0 Å². The molecule has 1 saturated heterocycles. The molecule has 0 aliphatic carbocycles. The summed E-state index contributed by atoms with van der Waals surface area (Å²) in [6, 6.07) is 16.6. The second kappa shape index (κ2) is 7.26. The van der Waals surface area contributed by atoms with Gasteiger partial charge >= 0.3 is 0 Å². The van der Waals surface area contributed by atoms with Crippen LogP contribution in [0.25, 0.3) is 0 Å². The van der Waals surface area contributed by atoms with E-state index in [2.05, 4.69) is 16.3 Å². The first-order chi connectivity index (χ1) is 11.2. The minimum absolute atomic E-state index is 0.189. The first-order valence-electron chi connectivity index (χ1n) is 7.95. The summed E-state index contributed by atoms with van der Waals surface area (Å²) >= 11 is 0. The van der Waals surface area contributed by atoms with Crippen LogP contribution in [0, 0.1) is 23.1 Å². The lowest BCUT2D eigenvalue weighted by Gasteiger charge is -2.19. The number of hydrogen-bond acceptors (Lipinski definition) is 3. The van der Waals surface area contributed by atoms with Crippen LogP contribution in [0.2, 0.25) is 0 Å². The summed E-state index contributed by atoms with van der Waals surface area (Å²) in [6.45, 7) is 3.75. The smallest absolute Gasteiger partial charge is 0.123 e. The summed E-state index contributed by atoms with van der Waals surface area (Å²) in [7, 11) is 0. The summed E-state index contributed by atoms with van der Waals surface area (Å²) in [5, 5.41) is 12.4. The first kappa shape index (κ1) is 15.5. The fourth-order valence-corrected chi connectivity index (χ4v) is 3.06. The van der Waals surface area contributed by atoms with Crippen LogP contribution >= 0.6 is 0 Å². The number of anilines is 1. The van der Waals surface area contributed by atoms with Gasteiger partial charge in [0.15, 0.2) is 0 Å². The molecular formula is C19H20FN3. The Labute approximate surface area is 136 Å². The SMILES string of the molecule is N#Cc1cccc(CNC[C@H]2CCN(c3ccc(F)cc3)C2)c1. The van der Waals surface area contributed by atoms with Crippen LogP contribution in [0.15, 0.2) is 48.5 Å². The highest BCUT2D eigenvalue weighted by atomic mass is 19.1. The van der Waals surface area contributed by atoms with E-state index in [1.54, 1.807) is 0 Å². The van der Waals surface area contributed by atoms with Gasteiger partial charge in [0.05, 0.1) is 11.6 Å². The highest BCUT2D eigenvalue weighted by Gasteiger charge is 2.22. The third-order valence-electron chi connectivity index (χ3n) is 4.30.